The van der Waals surface area contributed by atoms with Gasteiger partial charge in [0.1, 0.15) is 30.7 Å². The molecule has 2 aromatic rings. The van der Waals surface area contributed by atoms with Crippen molar-refractivity contribution in [1.29, 1.82) is 0 Å². The molecule has 8 heteroatoms. The monoisotopic (exact) mass is 380 g/mol. The van der Waals surface area contributed by atoms with Gasteiger partial charge < -0.3 is 15.0 Å². The van der Waals surface area contributed by atoms with Crippen LogP contribution in [0, 0.1) is 0 Å². The number of carbonyl (C=O) groups is 2. The van der Waals surface area contributed by atoms with E-state index in [4.69, 9.17) is 12.6 Å². The minimum Gasteiger partial charge on any atom is -0.444 e. The van der Waals surface area contributed by atoms with Crippen molar-refractivity contribution in [3.8, 4) is 11.3 Å². The van der Waals surface area contributed by atoms with Crippen LogP contribution in [0.3, 0.4) is 0 Å². The molecule has 1 aromatic heterocycles. The summed E-state index contributed by atoms with van der Waals surface area (Å²) in [6.45, 7) is 6.11. The number of carbonyl (C=O) groups excluding carboxylic acids is 2. The summed E-state index contributed by atoms with van der Waals surface area (Å²) in [5.41, 5.74) is 1.73. The van der Waals surface area contributed by atoms with E-state index >= 15 is 0 Å². The van der Waals surface area contributed by atoms with E-state index in [1.165, 1.54) is 0 Å². The van der Waals surface area contributed by atoms with Gasteiger partial charge in [-0.15, -0.1) is 0 Å². The Bertz CT molecular complexity index is 871. The van der Waals surface area contributed by atoms with Crippen LogP contribution in [-0.2, 0) is 4.74 Å². The molecule has 7 nitrogen and oxygen atoms in total. The van der Waals surface area contributed by atoms with Gasteiger partial charge in [0, 0.05) is 19.2 Å². The van der Waals surface area contributed by atoms with Gasteiger partial charge in [-0.05, 0) is 33.6 Å². The Hall–Kier alpha value is -2.77. The van der Waals surface area contributed by atoms with Crippen LogP contribution in [0.15, 0.2) is 24.3 Å². The quantitative estimate of drug-likeness (QED) is 0.800. The molecule has 0 bridgehead atoms. The number of benzene rings is 1. The first kappa shape index (κ1) is 20.0. The van der Waals surface area contributed by atoms with Crippen molar-refractivity contribution in [2.75, 3.05) is 13.6 Å². The van der Waals surface area contributed by atoms with Crippen molar-refractivity contribution >= 4 is 25.3 Å². The highest BCUT2D eigenvalue weighted by Gasteiger charge is 2.36. The van der Waals surface area contributed by atoms with Crippen molar-refractivity contribution in [1.82, 2.24) is 20.2 Å². The van der Waals surface area contributed by atoms with Crippen LogP contribution in [0.25, 0.3) is 11.3 Å². The maximum atomic E-state index is 12.6. The van der Waals surface area contributed by atoms with Gasteiger partial charge in [0.25, 0.3) is 5.91 Å². The van der Waals surface area contributed by atoms with Gasteiger partial charge in [0.2, 0.25) is 0 Å². The van der Waals surface area contributed by atoms with E-state index < -0.39 is 5.60 Å². The lowest BCUT2D eigenvalue weighted by Crippen LogP contribution is -2.36. The molecule has 2 amide bonds. The van der Waals surface area contributed by atoms with E-state index in [1.807, 2.05) is 32.9 Å². The second-order valence-corrected chi connectivity index (χ2v) is 7.88. The number of hydrogen-bond donors (Lipinski definition) is 2. The van der Waals surface area contributed by atoms with E-state index in [1.54, 1.807) is 24.1 Å². The minimum atomic E-state index is -0.574. The molecule has 2 heterocycles. The van der Waals surface area contributed by atoms with E-state index in [9.17, 15) is 9.59 Å². The van der Waals surface area contributed by atoms with E-state index in [0.29, 0.717) is 29.2 Å². The maximum absolute atomic E-state index is 12.6. The van der Waals surface area contributed by atoms with Gasteiger partial charge in [0.15, 0.2) is 0 Å². The summed E-state index contributed by atoms with van der Waals surface area (Å²) in [5.74, 6) is 0.307. The second kappa shape index (κ2) is 7.69. The lowest BCUT2D eigenvalue weighted by molar-refractivity contribution is 0.0218. The number of imidazole rings is 1. The lowest BCUT2D eigenvalue weighted by Gasteiger charge is -2.27. The molecule has 1 aromatic carbocycles. The topological polar surface area (TPSA) is 87.3 Å². The zero-order valence-corrected chi connectivity index (χ0v) is 16.7. The lowest BCUT2D eigenvalue weighted by atomic mass is 9.94. The summed E-state index contributed by atoms with van der Waals surface area (Å²) < 4.78 is 5.53. The van der Waals surface area contributed by atoms with Crippen LogP contribution in [0.4, 0.5) is 4.79 Å². The molecule has 146 valence electrons. The van der Waals surface area contributed by atoms with Crippen LogP contribution >= 0.6 is 0 Å². The average molecular weight is 380 g/mol. The first-order chi connectivity index (χ1) is 13.2. The van der Waals surface area contributed by atoms with Gasteiger partial charge >= 0.3 is 6.09 Å². The van der Waals surface area contributed by atoms with E-state index in [-0.39, 0.29) is 18.0 Å². The number of hydrogen-bond acceptors (Lipinski definition) is 4. The fourth-order valence-electron chi connectivity index (χ4n) is 3.28. The Kier molecular flexibility index (Phi) is 5.49. The maximum Gasteiger partial charge on any atom is 0.410 e. The van der Waals surface area contributed by atoms with Crippen molar-refractivity contribution < 1.29 is 14.3 Å². The van der Waals surface area contributed by atoms with Crippen molar-refractivity contribution in [2.45, 2.75) is 45.3 Å². The fraction of sp³-hybridized carbons (Fsp3) is 0.450. The molecule has 1 aliphatic rings. The number of nitrogens with zero attached hydrogens (tertiary/aromatic N) is 2. The highest BCUT2D eigenvalue weighted by Crippen LogP contribution is 2.34. The molecular formula is C20H25BN4O3. The Balaban J connectivity index is 1.96. The number of rotatable bonds is 3. The third kappa shape index (κ3) is 4.21. The van der Waals surface area contributed by atoms with Gasteiger partial charge in [0.05, 0.1) is 6.04 Å². The molecule has 0 aliphatic carbocycles. The summed E-state index contributed by atoms with van der Waals surface area (Å²) in [6, 6.07) is 6.91. The average Bonchev–Trinajstić information content (AvgIpc) is 3.27. The second-order valence-electron chi connectivity index (χ2n) is 7.88. The molecule has 1 saturated heterocycles. The molecule has 0 unspecified atom stereocenters. The summed E-state index contributed by atoms with van der Waals surface area (Å²) in [6.07, 6.45) is 1.22. The molecule has 1 fully saturated rings. The first-order valence-corrected chi connectivity index (χ1v) is 9.37. The van der Waals surface area contributed by atoms with Crippen LogP contribution in [0.5, 0.6) is 0 Å². The standard InChI is InChI=1S/C20H25BN4O3/c1-20(2,3)28-19(27)25-11-5-6-14(25)17-23-15(16(24-17)18(26)22-4)12-7-9-13(21)10-8-12/h7-10,14H,5-6,11H2,1-4H3,(H,22,26)(H,23,24)/t14-/m0/s1. The number of nitrogens with one attached hydrogen (secondary N) is 2. The molecule has 0 spiro atoms. The molecule has 2 N–H and O–H groups in total. The number of H-pyrrole nitrogens is 1. The van der Waals surface area contributed by atoms with Gasteiger partial charge in [-0.1, -0.05) is 29.7 Å². The Labute approximate surface area is 166 Å². The third-order valence-electron chi connectivity index (χ3n) is 4.56. The summed E-state index contributed by atoms with van der Waals surface area (Å²) >= 11 is 0. The van der Waals surface area contributed by atoms with Crippen molar-refractivity contribution in [2.24, 2.45) is 0 Å². The van der Waals surface area contributed by atoms with Gasteiger partial charge in [-0.2, -0.15) is 0 Å². The predicted octanol–water partition coefficient (Wildman–Crippen LogP) is 2.30. The fourth-order valence-corrected chi connectivity index (χ4v) is 3.28. The number of amides is 2. The summed E-state index contributed by atoms with van der Waals surface area (Å²) in [7, 11) is 7.34. The molecule has 2 radical (unpaired) electrons. The third-order valence-corrected chi connectivity index (χ3v) is 4.56. The zero-order chi connectivity index (χ0) is 20.5. The molecule has 28 heavy (non-hydrogen) atoms. The highest BCUT2D eigenvalue weighted by molar-refractivity contribution is 6.32. The summed E-state index contributed by atoms with van der Waals surface area (Å²) in [5, 5.41) is 2.63. The van der Waals surface area contributed by atoms with Crippen LogP contribution in [0.2, 0.25) is 0 Å². The molecule has 3 rings (SSSR count). The summed E-state index contributed by atoms with van der Waals surface area (Å²) in [4.78, 5) is 34.5. The van der Waals surface area contributed by atoms with Crippen LogP contribution < -0.4 is 10.8 Å². The predicted molar refractivity (Wildman–Crippen MR) is 108 cm³/mol. The molecule has 1 atom stereocenters. The SMILES string of the molecule is [B]c1ccc(-c2nc([C@@H]3CCCN3C(=O)OC(C)(C)C)[nH]c2C(=O)NC)cc1. The van der Waals surface area contributed by atoms with E-state index in [0.717, 1.165) is 18.4 Å². The largest absolute Gasteiger partial charge is 0.444 e. The molecule has 1 aliphatic heterocycles. The molecule has 0 saturated carbocycles. The smallest absolute Gasteiger partial charge is 0.410 e. The first-order valence-electron chi connectivity index (χ1n) is 9.37. The van der Waals surface area contributed by atoms with E-state index in [2.05, 4.69) is 15.3 Å². The van der Waals surface area contributed by atoms with Gasteiger partial charge in [-0.3, -0.25) is 9.69 Å². The zero-order valence-electron chi connectivity index (χ0n) is 16.7. The normalized spacial score (nSPS) is 16.9. The number of aromatic amines is 1. The Morgan fingerprint density at radius 1 is 1.29 bits per heavy atom. The number of ether oxygens (including phenoxy) is 1. The number of aromatic nitrogens is 2. The van der Waals surface area contributed by atoms with Crippen molar-refractivity contribution in [3.63, 3.8) is 0 Å². The molecular weight excluding hydrogens is 355 g/mol. The van der Waals surface area contributed by atoms with Gasteiger partial charge in [-0.25, -0.2) is 9.78 Å². The Morgan fingerprint density at radius 2 is 1.96 bits per heavy atom. The van der Waals surface area contributed by atoms with Crippen LogP contribution in [0.1, 0.15) is 56.0 Å². The van der Waals surface area contributed by atoms with Crippen LogP contribution in [-0.4, -0.2) is 53.9 Å². The number of likely N-dealkylation sites (tertiary alicyclic amines) is 1. The Morgan fingerprint density at radius 3 is 2.57 bits per heavy atom. The minimum absolute atomic E-state index is 0.263. The highest BCUT2D eigenvalue weighted by atomic mass is 16.6. The van der Waals surface area contributed by atoms with Crippen molar-refractivity contribution in [3.05, 3.63) is 35.8 Å².